The minimum absolute atomic E-state index is 0.150. The average Bonchev–Trinajstić information content (AvgIpc) is 2.68. The quantitative estimate of drug-likeness (QED) is 0.866. The zero-order valence-corrected chi connectivity index (χ0v) is 15.7. The Morgan fingerprint density at radius 2 is 1.58 bits per heavy atom. The first-order valence-electron chi connectivity index (χ1n) is 8.93. The van der Waals surface area contributed by atoms with E-state index >= 15 is 0 Å². The number of hydrogen-bond donors (Lipinski definition) is 1. The number of nitrogens with one attached hydrogen (secondary N) is 1. The summed E-state index contributed by atoms with van der Waals surface area (Å²) < 4.78 is 27.8. The monoisotopic (exact) mass is 372 g/mol. The molecule has 26 heavy (non-hydrogen) atoms. The first-order chi connectivity index (χ1) is 12.5. The molecule has 0 unspecified atom stereocenters. The fraction of sp³-hybridized carbons (Fsp3) is 0.350. The minimum Gasteiger partial charge on any atom is -0.339 e. The molecule has 1 aliphatic rings. The maximum Gasteiger partial charge on any atom is 0.261 e. The van der Waals surface area contributed by atoms with Gasteiger partial charge in [0.15, 0.2) is 0 Å². The van der Waals surface area contributed by atoms with Crippen LogP contribution in [0, 0.1) is 0 Å². The van der Waals surface area contributed by atoms with Crippen LogP contribution >= 0.6 is 0 Å². The SMILES string of the molecule is CN(C(=O)c1ccccc1NS(=O)(=O)c1ccccc1)C1CCCCC1. The van der Waals surface area contributed by atoms with Crippen molar-refractivity contribution in [1.82, 2.24) is 4.90 Å². The van der Waals surface area contributed by atoms with Gasteiger partial charge in [-0.3, -0.25) is 9.52 Å². The lowest BCUT2D eigenvalue weighted by atomic mass is 9.94. The first kappa shape index (κ1) is 18.5. The molecule has 0 aromatic heterocycles. The Morgan fingerprint density at radius 3 is 2.27 bits per heavy atom. The summed E-state index contributed by atoms with van der Waals surface area (Å²) >= 11 is 0. The molecule has 0 heterocycles. The van der Waals surface area contributed by atoms with E-state index in [1.165, 1.54) is 18.6 Å². The van der Waals surface area contributed by atoms with Crippen LogP contribution in [0.3, 0.4) is 0 Å². The van der Waals surface area contributed by atoms with E-state index in [0.717, 1.165) is 25.7 Å². The molecule has 1 aliphatic carbocycles. The van der Waals surface area contributed by atoms with E-state index in [1.54, 1.807) is 54.4 Å². The molecule has 0 aliphatic heterocycles. The van der Waals surface area contributed by atoms with Crippen molar-refractivity contribution in [3.8, 4) is 0 Å². The van der Waals surface area contributed by atoms with Gasteiger partial charge in [-0.25, -0.2) is 8.42 Å². The van der Waals surface area contributed by atoms with Crippen LogP contribution in [0.5, 0.6) is 0 Å². The summed E-state index contributed by atoms with van der Waals surface area (Å²) in [5, 5.41) is 0. The van der Waals surface area contributed by atoms with Crippen LogP contribution < -0.4 is 4.72 Å². The number of hydrogen-bond acceptors (Lipinski definition) is 3. The number of nitrogens with zero attached hydrogens (tertiary/aromatic N) is 1. The van der Waals surface area contributed by atoms with Gasteiger partial charge in [0, 0.05) is 13.1 Å². The van der Waals surface area contributed by atoms with Crippen LogP contribution in [0.25, 0.3) is 0 Å². The third kappa shape index (κ3) is 4.07. The molecule has 0 atom stereocenters. The highest BCUT2D eigenvalue weighted by atomic mass is 32.2. The number of carbonyl (C=O) groups excluding carboxylic acids is 1. The topological polar surface area (TPSA) is 66.5 Å². The third-order valence-electron chi connectivity index (χ3n) is 4.90. The molecule has 3 rings (SSSR count). The molecule has 1 N–H and O–H groups in total. The van der Waals surface area contributed by atoms with Gasteiger partial charge >= 0.3 is 0 Å². The van der Waals surface area contributed by atoms with Crippen LogP contribution in [0.15, 0.2) is 59.5 Å². The van der Waals surface area contributed by atoms with E-state index in [9.17, 15) is 13.2 Å². The second-order valence-corrected chi connectivity index (χ2v) is 8.35. The van der Waals surface area contributed by atoms with E-state index in [1.807, 2.05) is 0 Å². The van der Waals surface area contributed by atoms with Crippen LogP contribution in [0.4, 0.5) is 5.69 Å². The van der Waals surface area contributed by atoms with Crippen LogP contribution in [0.2, 0.25) is 0 Å². The van der Waals surface area contributed by atoms with Crippen molar-refractivity contribution in [2.45, 2.75) is 43.0 Å². The fourth-order valence-electron chi connectivity index (χ4n) is 3.39. The van der Waals surface area contributed by atoms with Gasteiger partial charge < -0.3 is 4.90 Å². The van der Waals surface area contributed by atoms with Crippen molar-refractivity contribution in [3.63, 3.8) is 0 Å². The summed E-state index contributed by atoms with van der Waals surface area (Å²) in [5.41, 5.74) is 0.684. The average molecular weight is 372 g/mol. The number of para-hydroxylation sites is 1. The van der Waals surface area contributed by atoms with E-state index < -0.39 is 10.0 Å². The van der Waals surface area contributed by atoms with Crippen LogP contribution in [0.1, 0.15) is 42.5 Å². The van der Waals surface area contributed by atoms with Crippen molar-refractivity contribution in [3.05, 3.63) is 60.2 Å². The second kappa shape index (κ2) is 7.91. The number of sulfonamides is 1. The van der Waals surface area contributed by atoms with Crippen molar-refractivity contribution in [1.29, 1.82) is 0 Å². The Balaban J connectivity index is 1.85. The number of anilines is 1. The lowest BCUT2D eigenvalue weighted by Crippen LogP contribution is -2.38. The van der Waals surface area contributed by atoms with Crippen molar-refractivity contribution in [2.75, 3.05) is 11.8 Å². The summed E-state index contributed by atoms with van der Waals surface area (Å²) in [7, 11) is -1.93. The normalized spacial score (nSPS) is 15.4. The molecule has 2 aromatic rings. The molecule has 0 radical (unpaired) electrons. The van der Waals surface area contributed by atoms with Crippen molar-refractivity contribution in [2.24, 2.45) is 0 Å². The third-order valence-corrected chi connectivity index (χ3v) is 6.28. The highest BCUT2D eigenvalue weighted by molar-refractivity contribution is 7.92. The van der Waals surface area contributed by atoms with Crippen molar-refractivity contribution < 1.29 is 13.2 Å². The van der Waals surface area contributed by atoms with Crippen LogP contribution in [-0.2, 0) is 10.0 Å². The first-order valence-corrected chi connectivity index (χ1v) is 10.4. The van der Waals surface area contributed by atoms with Crippen molar-refractivity contribution >= 4 is 21.6 Å². The maximum absolute atomic E-state index is 13.0. The molecule has 138 valence electrons. The Bertz CT molecular complexity index is 860. The Kier molecular flexibility index (Phi) is 5.61. The van der Waals surface area contributed by atoms with Gasteiger partial charge in [-0.1, -0.05) is 49.6 Å². The van der Waals surface area contributed by atoms with Gasteiger partial charge in [0.25, 0.3) is 15.9 Å². The standard InChI is InChI=1S/C20H24N2O3S/c1-22(16-10-4-2-5-11-16)20(23)18-14-8-9-15-19(18)21-26(24,25)17-12-6-3-7-13-17/h3,6-9,12-16,21H,2,4-5,10-11H2,1H3. The Morgan fingerprint density at radius 1 is 0.962 bits per heavy atom. The zero-order chi connectivity index (χ0) is 18.6. The largest absolute Gasteiger partial charge is 0.339 e. The fourth-order valence-corrected chi connectivity index (χ4v) is 4.49. The Labute approximate surface area is 155 Å². The minimum atomic E-state index is -3.74. The molecule has 0 saturated heterocycles. The smallest absolute Gasteiger partial charge is 0.261 e. The molecule has 6 heteroatoms. The summed E-state index contributed by atoms with van der Waals surface area (Å²) in [4.78, 5) is 14.9. The molecule has 0 bridgehead atoms. The number of benzene rings is 2. The Hall–Kier alpha value is -2.34. The molecule has 0 spiro atoms. The van der Waals surface area contributed by atoms with Gasteiger partial charge in [-0.05, 0) is 37.1 Å². The lowest BCUT2D eigenvalue weighted by Gasteiger charge is -2.31. The summed E-state index contributed by atoms with van der Waals surface area (Å²) in [6, 6.07) is 15.1. The zero-order valence-electron chi connectivity index (χ0n) is 14.9. The molecule has 1 amide bonds. The van der Waals surface area contributed by atoms with Gasteiger partial charge in [0.05, 0.1) is 16.1 Å². The van der Waals surface area contributed by atoms with E-state index in [2.05, 4.69) is 4.72 Å². The van der Waals surface area contributed by atoms with Gasteiger partial charge in [-0.15, -0.1) is 0 Å². The maximum atomic E-state index is 13.0. The molecular weight excluding hydrogens is 348 g/mol. The molecule has 5 nitrogen and oxygen atoms in total. The molecule has 1 fully saturated rings. The summed E-state index contributed by atoms with van der Waals surface area (Å²) in [5.74, 6) is -0.150. The van der Waals surface area contributed by atoms with Gasteiger partial charge in [0.1, 0.15) is 0 Å². The van der Waals surface area contributed by atoms with Gasteiger partial charge in [0.2, 0.25) is 0 Å². The lowest BCUT2D eigenvalue weighted by molar-refractivity contribution is 0.0697. The summed E-state index contributed by atoms with van der Waals surface area (Å²) in [6.45, 7) is 0. The molecule has 1 saturated carbocycles. The molecule has 2 aromatic carbocycles. The second-order valence-electron chi connectivity index (χ2n) is 6.67. The number of carbonyl (C=O) groups is 1. The number of rotatable bonds is 5. The highest BCUT2D eigenvalue weighted by Gasteiger charge is 2.25. The predicted molar refractivity (Wildman–Crippen MR) is 103 cm³/mol. The van der Waals surface area contributed by atoms with E-state index in [4.69, 9.17) is 0 Å². The highest BCUT2D eigenvalue weighted by Crippen LogP contribution is 2.26. The van der Waals surface area contributed by atoms with Crippen LogP contribution in [-0.4, -0.2) is 32.3 Å². The van der Waals surface area contributed by atoms with E-state index in [-0.39, 0.29) is 16.8 Å². The van der Waals surface area contributed by atoms with E-state index in [0.29, 0.717) is 11.3 Å². The summed E-state index contributed by atoms with van der Waals surface area (Å²) in [6.07, 6.45) is 5.47. The predicted octanol–water partition coefficient (Wildman–Crippen LogP) is 3.89. The van der Waals surface area contributed by atoms with Gasteiger partial charge in [-0.2, -0.15) is 0 Å². The molecular formula is C20H24N2O3S. The number of amides is 1.